The van der Waals surface area contributed by atoms with Gasteiger partial charge >= 0.3 is 0 Å². The van der Waals surface area contributed by atoms with Crippen LogP contribution in [0.1, 0.15) is 34.5 Å². The number of anilines is 1. The molecule has 21 heavy (non-hydrogen) atoms. The van der Waals surface area contributed by atoms with Gasteiger partial charge in [0, 0.05) is 10.7 Å². The third kappa shape index (κ3) is 3.59. The van der Waals surface area contributed by atoms with Crippen molar-refractivity contribution < 1.29 is 4.79 Å². The topological polar surface area (TPSA) is 80.0 Å². The smallest absolute Gasteiger partial charge is 0.255 e. The van der Waals surface area contributed by atoms with E-state index in [1.807, 2.05) is 38.1 Å². The number of carbonyl (C=O) groups is 1. The maximum Gasteiger partial charge on any atom is 0.255 e. The SMILES string of the molecule is Cc1ccccc1C(C)NC(=O)c1cc(Br)cnc1NN. The molecule has 5 nitrogen and oxygen atoms in total. The molecule has 2 rings (SSSR count). The summed E-state index contributed by atoms with van der Waals surface area (Å²) in [4.78, 5) is 16.5. The summed E-state index contributed by atoms with van der Waals surface area (Å²) in [7, 11) is 0. The van der Waals surface area contributed by atoms with Gasteiger partial charge in [-0.3, -0.25) is 4.79 Å². The fourth-order valence-corrected chi connectivity index (χ4v) is 2.48. The van der Waals surface area contributed by atoms with Crippen LogP contribution in [0, 0.1) is 6.92 Å². The van der Waals surface area contributed by atoms with Gasteiger partial charge in [-0.25, -0.2) is 10.8 Å². The van der Waals surface area contributed by atoms with Crippen LogP contribution in [-0.4, -0.2) is 10.9 Å². The van der Waals surface area contributed by atoms with E-state index in [4.69, 9.17) is 5.84 Å². The molecule has 0 spiro atoms. The van der Waals surface area contributed by atoms with Gasteiger partial charge in [-0.15, -0.1) is 0 Å². The predicted octanol–water partition coefficient (Wildman–Crippen LogP) is 2.93. The molecule has 1 heterocycles. The lowest BCUT2D eigenvalue weighted by atomic mass is 10.0. The van der Waals surface area contributed by atoms with Gasteiger partial charge in [0.15, 0.2) is 5.82 Å². The maximum absolute atomic E-state index is 12.4. The highest BCUT2D eigenvalue weighted by atomic mass is 79.9. The van der Waals surface area contributed by atoms with E-state index in [1.54, 1.807) is 12.3 Å². The summed E-state index contributed by atoms with van der Waals surface area (Å²) in [6.45, 7) is 3.96. The molecule has 0 aliphatic rings. The second-order valence-electron chi connectivity index (χ2n) is 4.75. The van der Waals surface area contributed by atoms with Gasteiger partial charge in [0.25, 0.3) is 5.91 Å². The molecule has 1 atom stereocenters. The first-order valence-corrected chi connectivity index (χ1v) is 7.30. The molecule has 1 aromatic carbocycles. The Morgan fingerprint density at radius 2 is 2.10 bits per heavy atom. The molecule has 0 bridgehead atoms. The number of nitrogens with two attached hydrogens (primary N) is 1. The lowest BCUT2D eigenvalue weighted by Crippen LogP contribution is -2.28. The van der Waals surface area contributed by atoms with Crippen LogP contribution in [0.25, 0.3) is 0 Å². The second kappa shape index (κ2) is 6.69. The Kier molecular flexibility index (Phi) is 4.93. The van der Waals surface area contributed by atoms with E-state index >= 15 is 0 Å². The summed E-state index contributed by atoms with van der Waals surface area (Å²) in [5.41, 5.74) is 5.04. The Hall–Kier alpha value is -1.92. The minimum atomic E-state index is -0.229. The van der Waals surface area contributed by atoms with Crippen LogP contribution in [0.15, 0.2) is 41.0 Å². The van der Waals surface area contributed by atoms with Crippen LogP contribution in [0.3, 0.4) is 0 Å². The van der Waals surface area contributed by atoms with Crippen molar-refractivity contribution in [3.8, 4) is 0 Å². The molecule has 0 saturated carbocycles. The summed E-state index contributed by atoms with van der Waals surface area (Å²) in [6.07, 6.45) is 1.58. The number of hydrogen-bond donors (Lipinski definition) is 3. The van der Waals surface area contributed by atoms with E-state index in [9.17, 15) is 4.79 Å². The van der Waals surface area contributed by atoms with E-state index in [1.165, 1.54) is 0 Å². The first-order chi connectivity index (χ1) is 10.0. The summed E-state index contributed by atoms with van der Waals surface area (Å²) in [5, 5.41) is 2.96. The molecule has 4 N–H and O–H groups in total. The van der Waals surface area contributed by atoms with Gasteiger partial charge in [0.05, 0.1) is 11.6 Å². The Morgan fingerprint density at radius 3 is 2.76 bits per heavy atom. The van der Waals surface area contributed by atoms with Crippen molar-refractivity contribution in [2.45, 2.75) is 19.9 Å². The number of halogens is 1. The highest BCUT2D eigenvalue weighted by Crippen LogP contribution is 2.20. The molecule has 1 unspecified atom stereocenters. The second-order valence-corrected chi connectivity index (χ2v) is 5.66. The van der Waals surface area contributed by atoms with Crippen molar-refractivity contribution in [2.75, 3.05) is 5.43 Å². The minimum absolute atomic E-state index is 0.108. The highest BCUT2D eigenvalue weighted by Gasteiger charge is 2.16. The largest absolute Gasteiger partial charge is 0.345 e. The monoisotopic (exact) mass is 348 g/mol. The van der Waals surface area contributed by atoms with Crippen LogP contribution in [-0.2, 0) is 0 Å². The average Bonchev–Trinajstić information content (AvgIpc) is 2.47. The molecular formula is C15H17BrN4O. The van der Waals surface area contributed by atoms with Crippen LogP contribution in [0.2, 0.25) is 0 Å². The number of carbonyl (C=O) groups excluding carboxylic acids is 1. The number of hydrazine groups is 1. The summed E-state index contributed by atoms with van der Waals surface area (Å²) in [6, 6.07) is 9.53. The summed E-state index contributed by atoms with van der Waals surface area (Å²) >= 11 is 3.31. The third-order valence-corrected chi connectivity index (χ3v) is 3.67. The van der Waals surface area contributed by atoms with Crippen molar-refractivity contribution in [1.82, 2.24) is 10.3 Å². The summed E-state index contributed by atoms with van der Waals surface area (Å²) in [5.74, 6) is 5.51. The van der Waals surface area contributed by atoms with Crippen LogP contribution in [0.4, 0.5) is 5.82 Å². The van der Waals surface area contributed by atoms with Gasteiger partial charge in [-0.05, 0) is 47.0 Å². The predicted molar refractivity (Wildman–Crippen MR) is 86.8 cm³/mol. The van der Waals surface area contributed by atoms with Crippen molar-refractivity contribution in [2.24, 2.45) is 5.84 Å². The molecule has 110 valence electrons. The Labute approximate surface area is 132 Å². The minimum Gasteiger partial charge on any atom is -0.345 e. The molecule has 1 aromatic heterocycles. The zero-order valence-corrected chi connectivity index (χ0v) is 13.4. The molecule has 1 amide bonds. The number of pyridine rings is 1. The van der Waals surface area contributed by atoms with E-state index in [-0.39, 0.29) is 11.9 Å². The van der Waals surface area contributed by atoms with E-state index in [0.29, 0.717) is 11.4 Å². The fraction of sp³-hybridized carbons (Fsp3) is 0.200. The average molecular weight is 349 g/mol. The number of aryl methyl sites for hydroxylation is 1. The number of nitrogens with one attached hydrogen (secondary N) is 2. The number of rotatable bonds is 4. The molecule has 0 radical (unpaired) electrons. The zero-order chi connectivity index (χ0) is 15.4. The molecule has 0 fully saturated rings. The molecular weight excluding hydrogens is 332 g/mol. The number of benzene rings is 1. The first kappa shape index (κ1) is 15.5. The third-order valence-electron chi connectivity index (χ3n) is 3.24. The van der Waals surface area contributed by atoms with Crippen molar-refractivity contribution in [3.05, 3.63) is 57.7 Å². The number of nitrogen functional groups attached to an aromatic ring is 1. The number of hydrogen-bond acceptors (Lipinski definition) is 4. The highest BCUT2D eigenvalue weighted by molar-refractivity contribution is 9.10. The van der Waals surface area contributed by atoms with E-state index in [0.717, 1.165) is 15.6 Å². The van der Waals surface area contributed by atoms with Crippen molar-refractivity contribution in [3.63, 3.8) is 0 Å². The Morgan fingerprint density at radius 1 is 1.38 bits per heavy atom. The Balaban J connectivity index is 2.22. The molecule has 6 heteroatoms. The quantitative estimate of drug-likeness (QED) is 0.586. The standard InChI is InChI=1S/C15H17BrN4O/c1-9-5-3-4-6-12(9)10(2)19-15(21)13-7-11(16)8-18-14(13)20-17/h3-8,10H,17H2,1-2H3,(H,18,20)(H,19,21). The number of amides is 1. The first-order valence-electron chi connectivity index (χ1n) is 6.51. The van der Waals surface area contributed by atoms with E-state index in [2.05, 4.69) is 31.7 Å². The van der Waals surface area contributed by atoms with Crippen LogP contribution >= 0.6 is 15.9 Å². The van der Waals surface area contributed by atoms with Gasteiger partial charge in [0.2, 0.25) is 0 Å². The maximum atomic E-state index is 12.4. The van der Waals surface area contributed by atoms with Gasteiger partial charge in [-0.1, -0.05) is 24.3 Å². The van der Waals surface area contributed by atoms with Crippen molar-refractivity contribution in [1.29, 1.82) is 0 Å². The summed E-state index contributed by atoms with van der Waals surface area (Å²) < 4.78 is 0.718. The number of nitrogens with zero attached hydrogens (tertiary/aromatic N) is 1. The van der Waals surface area contributed by atoms with Crippen LogP contribution in [0.5, 0.6) is 0 Å². The normalized spacial score (nSPS) is 11.8. The molecule has 0 saturated heterocycles. The number of aromatic nitrogens is 1. The molecule has 0 aliphatic carbocycles. The zero-order valence-electron chi connectivity index (χ0n) is 11.9. The van der Waals surface area contributed by atoms with E-state index < -0.39 is 0 Å². The fourth-order valence-electron chi connectivity index (χ4n) is 2.15. The van der Waals surface area contributed by atoms with Gasteiger partial charge in [0.1, 0.15) is 0 Å². The Bertz CT molecular complexity index is 660. The van der Waals surface area contributed by atoms with Gasteiger partial charge in [-0.2, -0.15) is 0 Å². The molecule has 2 aromatic rings. The molecule has 0 aliphatic heterocycles. The lowest BCUT2D eigenvalue weighted by Gasteiger charge is -2.17. The lowest BCUT2D eigenvalue weighted by molar-refractivity contribution is 0.0940. The van der Waals surface area contributed by atoms with Crippen LogP contribution < -0.4 is 16.6 Å². The van der Waals surface area contributed by atoms with Crippen molar-refractivity contribution >= 4 is 27.7 Å². The van der Waals surface area contributed by atoms with Gasteiger partial charge < -0.3 is 10.7 Å².